The van der Waals surface area contributed by atoms with E-state index in [0.29, 0.717) is 5.75 Å². The minimum absolute atomic E-state index is 0.00565. The van der Waals surface area contributed by atoms with Crippen LogP contribution in [-0.4, -0.2) is 28.3 Å². The summed E-state index contributed by atoms with van der Waals surface area (Å²) in [6, 6.07) is 15.3. The number of anilines is 1. The molecule has 0 fully saturated rings. The molecule has 31 heavy (non-hydrogen) atoms. The molecule has 1 aliphatic rings. The Labute approximate surface area is 183 Å². The van der Waals surface area contributed by atoms with Gasteiger partial charge in [0.25, 0.3) is 5.91 Å². The molecule has 0 aromatic heterocycles. The normalized spacial score (nSPS) is 15.7. The molecule has 0 aliphatic carbocycles. The number of carboxylic acids is 1. The van der Waals surface area contributed by atoms with Crippen LogP contribution < -0.4 is 9.75 Å². The lowest BCUT2D eigenvalue weighted by molar-refractivity contribution is -0.152. The number of ether oxygens (including phenoxy) is 1. The molecular formula is C25H30N2O4. The van der Waals surface area contributed by atoms with Crippen LogP contribution in [-0.2, 0) is 16.0 Å². The summed E-state index contributed by atoms with van der Waals surface area (Å²) in [6.45, 7) is 8.92. The van der Waals surface area contributed by atoms with Crippen molar-refractivity contribution in [1.82, 2.24) is 0 Å². The zero-order chi connectivity index (χ0) is 22.8. The number of aliphatic carboxylic acids is 1. The number of carboxylic acid groups (broad SMARTS) is 1. The topological polar surface area (TPSA) is 79.2 Å². The third kappa shape index (κ3) is 4.95. The lowest BCUT2D eigenvalue weighted by Gasteiger charge is -2.21. The third-order valence-corrected chi connectivity index (χ3v) is 5.64. The van der Waals surface area contributed by atoms with E-state index in [0.717, 1.165) is 41.8 Å². The molecule has 2 aromatic rings. The Morgan fingerprint density at radius 1 is 1.06 bits per heavy atom. The van der Waals surface area contributed by atoms with Crippen molar-refractivity contribution in [3.05, 3.63) is 59.7 Å². The van der Waals surface area contributed by atoms with Crippen LogP contribution in [0.2, 0.25) is 0 Å². The van der Waals surface area contributed by atoms with Crippen molar-refractivity contribution < 1.29 is 19.4 Å². The van der Waals surface area contributed by atoms with Gasteiger partial charge in [-0.3, -0.25) is 4.79 Å². The average molecular weight is 423 g/mol. The second-order valence-corrected chi connectivity index (χ2v) is 9.04. The van der Waals surface area contributed by atoms with Gasteiger partial charge >= 0.3 is 5.97 Å². The molecule has 0 spiro atoms. The van der Waals surface area contributed by atoms with Gasteiger partial charge < -0.3 is 9.84 Å². The summed E-state index contributed by atoms with van der Waals surface area (Å²) in [4.78, 5) is 24.1. The Morgan fingerprint density at radius 3 is 2.26 bits per heavy atom. The molecule has 6 heteroatoms. The van der Waals surface area contributed by atoms with E-state index in [-0.39, 0.29) is 5.91 Å². The number of aryl methyl sites for hydroxylation is 2. The van der Waals surface area contributed by atoms with Gasteiger partial charge in [0.15, 0.2) is 5.60 Å². The van der Waals surface area contributed by atoms with Crippen LogP contribution >= 0.6 is 0 Å². The Balaban J connectivity index is 1.61. The van der Waals surface area contributed by atoms with Crippen LogP contribution in [0.3, 0.4) is 0 Å². The first-order valence-corrected chi connectivity index (χ1v) is 10.5. The summed E-state index contributed by atoms with van der Waals surface area (Å²) >= 11 is 0. The number of nitrogens with zero attached hydrogens (tertiary/aromatic N) is 2. The number of carbonyl (C=O) groups excluding carboxylic acids is 1. The second kappa shape index (κ2) is 8.53. The number of hydrazone groups is 1. The average Bonchev–Trinajstić information content (AvgIpc) is 2.93. The molecule has 0 atom stereocenters. The molecule has 0 bridgehead atoms. The van der Waals surface area contributed by atoms with Gasteiger partial charge in [-0.1, -0.05) is 29.8 Å². The highest BCUT2D eigenvalue weighted by Crippen LogP contribution is 2.34. The maximum atomic E-state index is 12.9. The number of hydrogen-bond donors (Lipinski definition) is 1. The molecule has 0 radical (unpaired) electrons. The molecule has 1 amide bonds. The van der Waals surface area contributed by atoms with E-state index < -0.39 is 17.0 Å². The first kappa shape index (κ1) is 22.5. The van der Waals surface area contributed by atoms with Gasteiger partial charge in [-0.05, 0) is 83.7 Å². The van der Waals surface area contributed by atoms with Gasteiger partial charge in [0.05, 0.1) is 16.8 Å². The van der Waals surface area contributed by atoms with Gasteiger partial charge in [-0.25, -0.2) is 9.80 Å². The minimum Gasteiger partial charge on any atom is -0.478 e. The van der Waals surface area contributed by atoms with Gasteiger partial charge in [0.1, 0.15) is 5.75 Å². The van der Waals surface area contributed by atoms with Gasteiger partial charge in [-0.15, -0.1) is 0 Å². The van der Waals surface area contributed by atoms with Crippen molar-refractivity contribution >= 4 is 23.3 Å². The molecule has 1 heterocycles. The van der Waals surface area contributed by atoms with Crippen LogP contribution in [0.25, 0.3) is 0 Å². The number of carbonyl (C=O) groups is 2. The van der Waals surface area contributed by atoms with E-state index in [1.807, 2.05) is 57.2 Å². The van der Waals surface area contributed by atoms with E-state index in [4.69, 9.17) is 4.74 Å². The standard InChI is InChI=1S/C25H30N2O4/c1-17-9-13-19(14-10-17)27-22(28)24(2,3)21(26-27)8-6-7-18-11-15-20(16-12-18)31-25(4,5)23(29)30/h9-16H,6-8H2,1-5H3,(H,29,30). The highest BCUT2D eigenvalue weighted by atomic mass is 16.5. The molecule has 1 aliphatic heterocycles. The van der Waals surface area contributed by atoms with Crippen LogP contribution in [0.5, 0.6) is 5.75 Å². The predicted molar refractivity (Wildman–Crippen MR) is 122 cm³/mol. The molecular weight excluding hydrogens is 392 g/mol. The van der Waals surface area contributed by atoms with Crippen molar-refractivity contribution in [3.8, 4) is 5.75 Å². The van der Waals surface area contributed by atoms with Crippen molar-refractivity contribution in [3.63, 3.8) is 0 Å². The Morgan fingerprint density at radius 2 is 1.68 bits per heavy atom. The molecule has 0 unspecified atom stereocenters. The minimum atomic E-state index is -1.27. The lowest BCUT2D eigenvalue weighted by atomic mass is 9.84. The fourth-order valence-electron chi connectivity index (χ4n) is 3.43. The molecule has 0 saturated heterocycles. The van der Waals surface area contributed by atoms with Crippen molar-refractivity contribution in [2.45, 2.75) is 59.5 Å². The van der Waals surface area contributed by atoms with E-state index in [1.54, 1.807) is 12.1 Å². The molecule has 3 rings (SSSR count). The summed E-state index contributed by atoms with van der Waals surface area (Å²) in [5.41, 5.74) is 2.05. The van der Waals surface area contributed by atoms with E-state index in [9.17, 15) is 14.7 Å². The zero-order valence-corrected chi connectivity index (χ0v) is 18.8. The second-order valence-electron chi connectivity index (χ2n) is 9.04. The fourth-order valence-corrected chi connectivity index (χ4v) is 3.43. The van der Waals surface area contributed by atoms with Crippen molar-refractivity contribution in [2.75, 3.05) is 5.01 Å². The molecule has 1 N–H and O–H groups in total. The third-order valence-electron chi connectivity index (χ3n) is 5.64. The largest absolute Gasteiger partial charge is 0.478 e. The van der Waals surface area contributed by atoms with Crippen molar-refractivity contribution in [1.29, 1.82) is 0 Å². The highest BCUT2D eigenvalue weighted by molar-refractivity contribution is 6.18. The van der Waals surface area contributed by atoms with Crippen LogP contribution in [0.4, 0.5) is 5.69 Å². The smallest absolute Gasteiger partial charge is 0.347 e. The molecule has 6 nitrogen and oxygen atoms in total. The van der Waals surface area contributed by atoms with Gasteiger partial charge in [0.2, 0.25) is 0 Å². The monoisotopic (exact) mass is 422 g/mol. The maximum absolute atomic E-state index is 12.9. The van der Waals surface area contributed by atoms with Gasteiger partial charge in [-0.2, -0.15) is 5.10 Å². The number of benzene rings is 2. The fraction of sp³-hybridized carbons (Fsp3) is 0.400. The summed E-state index contributed by atoms with van der Waals surface area (Å²) in [7, 11) is 0. The summed E-state index contributed by atoms with van der Waals surface area (Å²) < 4.78 is 5.54. The molecule has 0 saturated carbocycles. The van der Waals surface area contributed by atoms with Crippen LogP contribution in [0.15, 0.2) is 53.6 Å². The van der Waals surface area contributed by atoms with E-state index >= 15 is 0 Å². The first-order valence-electron chi connectivity index (χ1n) is 10.5. The Kier molecular flexibility index (Phi) is 6.20. The Hall–Kier alpha value is -3.15. The summed E-state index contributed by atoms with van der Waals surface area (Å²) in [6.07, 6.45) is 2.42. The highest BCUT2D eigenvalue weighted by Gasteiger charge is 2.43. The number of rotatable bonds is 8. The lowest BCUT2D eigenvalue weighted by Crippen LogP contribution is -2.37. The quantitative estimate of drug-likeness (QED) is 0.650. The zero-order valence-electron chi connectivity index (χ0n) is 18.8. The van der Waals surface area contributed by atoms with E-state index in [1.165, 1.54) is 18.9 Å². The van der Waals surface area contributed by atoms with Crippen molar-refractivity contribution in [2.24, 2.45) is 10.5 Å². The molecule has 2 aromatic carbocycles. The number of hydrogen-bond acceptors (Lipinski definition) is 4. The van der Waals surface area contributed by atoms with E-state index in [2.05, 4.69) is 5.10 Å². The summed E-state index contributed by atoms with van der Waals surface area (Å²) in [5.74, 6) is -0.489. The number of amides is 1. The molecule has 164 valence electrons. The van der Waals surface area contributed by atoms with Gasteiger partial charge in [0, 0.05) is 0 Å². The Bertz CT molecular complexity index is 989. The van der Waals surface area contributed by atoms with Crippen LogP contribution in [0, 0.1) is 12.3 Å². The maximum Gasteiger partial charge on any atom is 0.347 e. The first-order chi connectivity index (χ1) is 14.5. The van der Waals surface area contributed by atoms with Crippen LogP contribution in [0.1, 0.15) is 51.7 Å². The SMILES string of the molecule is Cc1ccc(N2N=C(CCCc3ccc(OC(C)(C)C(=O)O)cc3)C(C)(C)C2=O)cc1. The predicted octanol–water partition coefficient (Wildman–Crippen LogP) is 4.99. The summed E-state index contributed by atoms with van der Waals surface area (Å²) in [5, 5.41) is 15.3.